The van der Waals surface area contributed by atoms with Crippen molar-refractivity contribution < 1.29 is 14.3 Å². The molecule has 1 saturated heterocycles. The number of aromatic nitrogens is 2. The predicted octanol–water partition coefficient (Wildman–Crippen LogP) is 1.71. The van der Waals surface area contributed by atoms with Crippen LogP contribution < -0.4 is 11.2 Å². The largest absolute Gasteiger partial charge is 0.437 e. The number of carbonyl (C=O) groups excluding carboxylic acids is 1. The summed E-state index contributed by atoms with van der Waals surface area (Å²) in [6.07, 6.45) is 6.34. The standard InChI is InChI=1S/C20H20N2O5/c1-4-15-13(3)20(5-2,27-17(24)14-9-7-6-8-10-14)18(26-15)22-12-11-16(23)21-19(22)25/h2,6-13,15,18H,4H2,1,3H3,(H,21,23,25)/t13-,15-,18-,20-/m1/s1. The Bertz CT molecular complexity index is 988. The van der Waals surface area contributed by atoms with Crippen molar-refractivity contribution in [2.75, 3.05) is 0 Å². The first kappa shape index (κ1) is 18.7. The van der Waals surface area contributed by atoms with Crippen molar-refractivity contribution in [1.29, 1.82) is 0 Å². The molecule has 0 unspecified atom stereocenters. The van der Waals surface area contributed by atoms with Gasteiger partial charge in [-0.3, -0.25) is 14.3 Å². The van der Waals surface area contributed by atoms with Gasteiger partial charge >= 0.3 is 11.7 Å². The molecule has 7 heteroatoms. The zero-order chi connectivity index (χ0) is 19.6. The summed E-state index contributed by atoms with van der Waals surface area (Å²) in [5.74, 6) is 1.58. The number of hydrogen-bond acceptors (Lipinski definition) is 5. The fourth-order valence-electron chi connectivity index (χ4n) is 3.38. The first-order valence-electron chi connectivity index (χ1n) is 8.66. The Morgan fingerprint density at radius 2 is 2.04 bits per heavy atom. The van der Waals surface area contributed by atoms with Gasteiger partial charge in [0.1, 0.15) is 0 Å². The lowest BCUT2D eigenvalue weighted by Crippen LogP contribution is -2.47. The van der Waals surface area contributed by atoms with E-state index in [9.17, 15) is 14.4 Å². The number of esters is 1. The van der Waals surface area contributed by atoms with Crippen LogP contribution in [0.25, 0.3) is 0 Å². The molecule has 2 aromatic rings. The van der Waals surface area contributed by atoms with E-state index in [1.807, 2.05) is 13.8 Å². The number of benzene rings is 1. The fraction of sp³-hybridized carbons (Fsp3) is 0.350. The van der Waals surface area contributed by atoms with Crippen molar-refractivity contribution in [3.8, 4) is 12.3 Å². The first-order chi connectivity index (χ1) is 12.9. The second-order valence-electron chi connectivity index (χ2n) is 6.43. The summed E-state index contributed by atoms with van der Waals surface area (Å²) in [4.78, 5) is 38.6. The van der Waals surface area contributed by atoms with E-state index < -0.39 is 29.0 Å². The average Bonchev–Trinajstić information content (AvgIpc) is 2.94. The molecule has 4 atom stereocenters. The molecule has 0 amide bonds. The number of carbonyl (C=O) groups is 1. The summed E-state index contributed by atoms with van der Waals surface area (Å²) in [6, 6.07) is 9.63. The molecule has 1 aliphatic heterocycles. The molecule has 0 radical (unpaired) electrons. The Labute approximate surface area is 155 Å². The van der Waals surface area contributed by atoms with E-state index >= 15 is 0 Å². The Kier molecular flexibility index (Phi) is 5.02. The van der Waals surface area contributed by atoms with Gasteiger partial charge in [0, 0.05) is 18.2 Å². The highest BCUT2D eigenvalue weighted by Gasteiger charge is 2.57. The molecular weight excluding hydrogens is 348 g/mol. The molecule has 3 rings (SSSR count). The predicted molar refractivity (Wildman–Crippen MR) is 98.1 cm³/mol. The average molecular weight is 368 g/mol. The van der Waals surface area contributed by atoms with Crippen LogP contribution in [-0.4, -0.2) is 27.2 Å². The van der Waals surface area contributed by atoms with Gasteiger partial charge in [0.15, 0.2) is 6.23 Å². The zero-order valence-corrected chi connectivity index (χ0v) is 15.0. The van der Waals surface area contributed by atoms with E-state index in [4.69, 9.17) is 15.9 Å². The van der Waals surface area contributed by atoms with Crippen LogP contribution in [0, 0.1) is 18.3 Å². The van der Waals surface area contributed by atoms with Crippen LogP contribution in [0.15, 0.2) is 52.2 Å². The molecule has 0 aliphatic carbocycles. The third-order valence-corrected chi connectivity index (χ3v) is 4.91. The molecule has 140 valence electrons. The van der Waals surface area contributed by atoms with Gasteiger partial charge in [-0.1, -0.05) is 38.0 Å². The summed E-state index contributed by atoms with van der Waals surface area (Å²) < 4.78 is 12.9. The monoisotopic (exact) mass is 368 g/mol. The highest BCUT2D eigenvalue weighted by atomic mass is 16.6. The van der Waals surface area contributed by atoms with Gasteiger partial charge in [0.2, 0.25) is 5.60 Å². The summed E-state index contributed by atoms with van der Waals surface area (Å²) in [6.45, 7) is 3.74. The molecule has 0 spiro atoms. The van der Waals surface area contributed by atoms with Crippen molar-refractivity contribution in [2.24, 2.45) is 5.92 Å². The minimum Gasteiger partial charge on any atom is -0.437 e. The van der Waals surface area contributed by atoms with Crippen LogP contribution in [0.3, 0.4) is 0 Å². The number of rotatable bonds is 4. The number of terminal acetylenes is 1. The van der Waals surface area contributed by atoms with E-state index in [-0.39, 0.29) is 12.0 Å². The molecule has 27 heavy (non-hydrogen) atoms. The van der Waals surface area contributed by atoms with Gasteiger partial charge in [0.25, 0.3) is 5.56 Å². The summed E-state index contributed by atoms with van der Waals surface area (Å²) in [7, 11) is 0. The topological polar surface area (TPSA) is 90.4 Å². The van der Waals surface area contributed by atoms with Crippen LogP contribution in [0.5, 0.6) is 0 Å². The summed E-state index contributed by atoms with van der Waals surface area (Å²) in [5, 5.41) is 0. The van der Waals surface area contributed by atoms with E-state index in [1.165, 1.54) is 12.3 Å². The van der Waals surface area contributed by atoms with Crippen LogP contribution in [0.1, 0.15) is 36.9 Å². The normalized spacial score (nSPS) is 27.1. The highest BCUT2D eigenvalue weighted by Crippen LogP contribution is 2.45. The van der Waals surface area contributed by atoms with Crippen LogP contribution in [0.4, 0.5) is 0 Å². The molecule has 1 aliphatic rings. The minimum absolute atomic E-state index is 0.326. The van der Waals surface area contributed by atoms with Gasteiger partial charge in [-0.25, -0.2) is 9.59 Å². The Morgan fingerprint density at radius 1 is 1.33 bits per heavy atom. The fourth-order valence-corrected chi connectivity index (χ4v) is 3.38. The van der Waals surface area contributed by atoms with Crippen molar-refractivity contribution in [2.45, 2.75) is 38.2 Å². The maximum atomic E-state index is 12.7. The molecule has 1 aromatic carbocycles. The van der Waals surface area contributed by atoms with Crippen LogP contribution in [0.2, 0.25) is 0 Å². The SMILES string of the molecule is C#C[C@@]1(OC(=O)c2ccccc2)[C@H](C)[C@@H](CC)O[C@H]1n1ccc(=O)[nH]c1=O. The molecule has 1 N–H and O–H groups in total. The van der Waals surface area contributed by atoms with Gasteiger partial charge < -0.3 is 9.47 Å². The zero-order valence-electron chi connectivity index (χ0n) is 15.0. The number of ether oxygens (including phenoxy) is 2. The highest BCUT2D eigenvalue weighted by molar-refractivity contribution is 5.89. The molecule has 2 heterocycles. The molecule has 1 fully saturated rings. The second-order valence-corrected chi connectivity index (χ2v) is 6.43. The molecule has 1 aromatic heterocycles. The third-order valence-electron chi connectivity index (χ3n) is 4.91. The lowest BCUT2D eigenvalue weighted by Gasteiger charge is -2.32. The lowest BCUT2D eigenvalue weighted by molar-refractivity contribution is -0.0791. The van der Waals surface area contributed by atoms with Crippen LogP contribution in [-0.2, 0) is 9.47 Å². The van der Waals surface area contributed by atoms with E-state index in [0.29, 0.717) is 12.0 Å². The van der Waals surface area contributed by atoms with Gasteiger partial charge in [-0.05, 0) is 18.6 Å². The van der Waals surface area contributed by atoms with E-state index in [2.05, 4.69) is 10.9 Å². The molecule has 0 saturated carbocycles. The lowest BCUT2D eigenvalue weighted by atomic mass is 9.85. The number of nitrogens with zero attached hydrogens (tertiary/aromatic N) is 1. The smallest absolute Gasteiger partial charge is 0.339 e. The maximum absolute atomic E-state index is 12.7. The number of hydrogen-bond donors (Lipinski definition) is 1. The third kappa shape index (κ3) is 3.20. The van der Waals surface area contributed by atoms with E-state index in [1.54, 1.807) is 30.3 Å². The molecular formula is C20H20N2O5. The second kappa shape index (κ2) is 7.25. The minimum atomic E-state index is -1.50. The Morgan fingerprint density at radius 3 is 2.63 bits per heavy atom. The van der Waals surface area contributed by atoms with E-state index in [0.717, 1.165) is 4.57 Å². The van der Waals surface area contributed by atoms with Crippen molar-refractivity contribution in [3.05, 3.63) is 69.0 Å². The number of aromatic amines is 1. The Balaban J connectivity index is 2.07. The van der Waals surface area contributed by atoms with Crippen LogP contribution >= 0.6 is 0 Å². The van der Waals surface area contributed by atoms with Gasteiger partial charge in [-0.2, -0.15) is 0 Å². The molecule has 7 nitrogen and oxygen atoms in total. The summed E-state index contributed by atoms with van der Waals surface area (Å²) in [5.41, 5.74) is -2.39. The number of nitrogens with one attached hydrogen (secondary N) is 1. The van der Waals surface area contributed by atoms with Crippen molar-refractivity contribution >= 4 is 5.97 Å². The van der Waals surface area contributed by atoms with Gasteiger partial charge in [-0.15, -0.1) is 6.42 Å². The quantitative estimate of drug-likeness (QED) is 0.655. The Hall–Kier alpha value is -3.11. The van der Waals surface area contributed by atoms with Crippen molar-refractivity contribution in [1.82, 2.24) is 9.55 Å². The van der Waals surface area contributed by atoms with Gasteiger partial charge in [0.05, 0.1) is 11.7 Å². The van der Waals surface area contributed by atoms with Crippen molar-refractivity contribution in [3.63, 3.8) is 0 Å². The molecule has 0 bridgehead atoms. The first-order valence-corrected chi connectivity index (χ1v) is 8.66. The maximum Gasteiger partial charge on any atom is 0.339 e. The summed E-state index contributed by atoms with van der Waals surface area (Å²) >= 11 is 0. The number of H-pyrrole nitrogens is 1.